The number of likely N-dealkylation sites (N-methyl/N-ethyl adjacent to an activating group) is 1. The van der Waals surface area contributed by atoms with E-state index in [9.17, 15) is 8.78 Å². The Bertz CT molecular complexity index is 156. The smallest absolute Gasteiger partial charge is 0.250 e. The van der Waals surface area contributed by atoms with Crippen LogP contribution in [-0.2, 0) is 0 Å². The van der Waals surface area contributed by atoms with Crippen LogP contribution in [0.4, 0.5) is 8.78 Å². The largest absolute Gasteiger partial charge is 0.310 e. The summed E-state index contributed by atoms with van der Waals surface area (Å²) in [7, 11) is 4.03. The van der Waals surface area contributed by atoms with E-state index in [1.54, 1.807) is 0 Å². The van der Waals surface area contributed by atoms with E-state index in [2.05, 4.69) is 10.2 Å². The fourth-order valence-corrected chi connectivity index (χ4v) is 1.78. The standard InChI is InChI=1S/C9H18F2N2/c1-13(2)9(4-3-5-9)7-12-6-8(10)11/h8,12H,3-7H2,1-2H3. The maximum Gasteiger partial charge on any atom is 0.250 e. The van der Waals surface area contributed by atoms with Crippen molar-refractivity contribution in [2.75, 3.05) is 27.2 Å². The molecule has 78 valence electrons. The quantitative estimate of drug-likeness (QED) is 0.707. The minimum Gasteiger partial charge on any atom is -0.310 e. The zero-order valence-electron chi connectivity index (χ0n) is 8.32. The Labute approximate surface area is 78.3 Å². The molecule has 4 heteroatoms. The van der Waals surface area contributed by atoms with Gasteiger partial charge >= 0.3 is 0 Å². The van der Waals surface area contributed by atoms with Crippen molar-refractivity contribution in [2.45, 2.75) is 31.2 Å². The average molecular weight is 192 g/mol. The molecule has 2 nitrogen and oxygen atoms in total. The predicted octanol–water partition coefficient (Wildman–Crippen LogP) is 1.33. The molecule has 0 spiro atoms. The first-order valence-corrected chi connectivity index (χ1v) is 4.73. The lowest BCUT2D eigenvalue weighted by atomic mass is 9.75. The lowest BCUT2D eigenvalue weighted by Gasteiger charge is -2.47. The van der Waals surface area contributed by atoms with Crippen LogP contribution in [0, 0.1) is 0 Å². The molecular weight excluding hydrogens is 174 g/mol. The van der Waals surface area contributed by atoms with Gasteiger partial charge in [0.2, 0.25) is 0 Å². The van der Waals surface area contributed by atoms with Gasteiger partial charge in [0, 0.05) is 12.1 Å². The Balaban J connectivity index is 2.24. The van der Waals surface area contributed by atoms with Crippen molar-refractivity contribution in [3.8, 4) is 0 Å². The van der Waals surface area contributed by atoms with Gasteiger partial charge in [0.05, 0.1) is 6.54 Å². The third kappa shape index (κ3) is 2.61. The number of rotatable bonds is 5. The van der Waals surface area contributed by atoms with E-state index in [1.165, 1.54) is 6.42 Å². The van der Waals surface area contributed by atoms with E-state index >= 15 is 0 Å². The van der Waals surface area contributed by atoms with Gasteiger partial charge in [0.15, 0.2) is 0 Å². The molecule has 0 saturated heterocycles. The fraction of sp³-hybridized carbons (Fsp3) is 1.00. The summed E-state index contributed by atoms with van der Waals surface area (Å²) in [5, 5.41) is 2.82. The Morgan fingerprint density at radius 2 is 2.00 bits per heavy atom. The molecule has 0 atom stereocenters. The molecule has 1 fully saturated rings. The summed E-state index contributed by atoms with van der Waals surface area (Å²) in [6, 6.07) is 0. The van der Waals surface area contributed by atoms with Crippen LogP contribution in [0.25, 0.3) is 0 Å². The highest BCUT2D eigenvalue weighted by molar-refractivity contribution is 4.97. The third-order valence-electron chi connectivity index (χ3n) is 2.99. The van der Waals surface area contributed by atoms with Crippen molar-refractivity contribution in [3.05, 3.63) is 0 Å². The average Bonchev–Trinajstić information content (AvgIpc) is 1.93. The SMILES string of the molecule is CN(C)C1(CNCC(F)F)CCC1. The van der Waals surface area contributed by atoms with Crippen LogP contribution in [0.3, 0.4) is 0 Å². The summed E-state index contributed by atoms with van der Waals surface area (Å²) in [6.07, 6.45) is 1.22. The van der Waals surface area contributed by atoms with Gasteiger partial charge in [-0.2, -0.15) is 0 Å². The molecule has 0 aromatic carbocycles. The normalized spacial score (nSPS) is 20.8. The van der Waals surface area contributed by atoms with Crippen molar-refractivity contribution in [1.29, 1.82) is 0 Å². The molecule has 1 saturated carbocycles. The summed E-state index contributed by atoms with van der Waals surface area (Å²) >= 11 is 0. The maximum atomic E-state index is 11.9. The monoisotopic (exact) mass is 192 g/mol. The van der Waals surface area contributed by atoms with E-state index < -0.39 is 6.43 Å². The zero-order valence-corrected chi connectivity index (χ0v) is 8.32. The zero-order chi connectivity index (χ0) is 9.90. The highest BCUT2D eigenvalue weighted by atomic mass is 19.3. The minimum atomic E-state index is -2.24. The van der Waals surface area contributed by atoms with E-state index in [4.69, 9.17) is 0 Å². The molecule has 1 rings (SSSR count). The van der Waals surface area contributed by atoms with E-state index in [1.807, 2.05) is 14.1 Å². The number of nitrogens with zero attached hydrogens (tertiary/aromatic N) is 1. The minimum absolute atomic E-state index is 0.148. The van der Waals surface area contributed by atoms with Crippen LogP contribution in [0.15, 0.2) is 0 Å². The number of hydrogen-bond acceptors (Lipinski definition) is 2. The summed E-state index contributed by atoms with van der Waals surface area (Å²) in [6.45, 7) is 0.500. The first-order chi connectivity index (χ1) is 6.07. The van der Waals surface area contributed by atoms with E-state index in [-0.39, 0.29) is 12.1 Å². The first-order valence-electron chi connectivity index (χ1n) is 4.73. The van der Waals surface area contributed by atoms with Gasteiger partial charge in [-0.15, -0.1) is 0 Å². The highest BCUT2D eigenvalue weighted by Crippen LogP contribution is 2.35. The van der Waals surface area contributed by atoms with Crippen molar-refractivity contribution >= 4 is 0 Å². The summed E-state index contributed by atoms with van der Waals surface area (Å²) in [5.74, 6) is 0. The van der Waals surface area contributed by atoms with Crippen LogP contribution in [0.1, 0.15) is 19.3 Å². The first kappa shape index (κ1) is 10.9. The van der Waals surface area contributed by atoms with Crippen molar-refractivity contribution < 1.29 is 8.78 Å². The number of nitrogens with one attached hydrogen (secondary N) is 1. The van der Waals surface area contributed by atoms with Gasteiger partial charge in [-0.1, -0.05) is 0 Å². The molecule has 0 aliphatic heterocycles. The lowest BCUT2D eigenvalue weighted by Crippen LogP contribution is -2.56. The van der Waals surface area contributed by atoms with Crippen LogP contribution in [-0.4, -0.2) is 44.0 Å². The second-order valence-electron chi connectivity index (χ2n) is 3.99. The topological polar surface area (TPSA) is 15.3 Å². The summed E-state index contributed by atoms with van der Waals surface area (Å²) in [4.78, 5) is 2.15. The van der Waals surface area contributed by atoms with Gasteiger partial charge in [-0.25, -0.2) is 8.78 Å². The molecule has 0 amide bonds. The van der Waals surface area contributed by atoms with Gasteiger partial charge in [-0.3, -0.25) is 0 Å². The van der Waals surface area contributed by atoms with Crippen LogP contribution in [0.5, 0.6) is 0 Å². The molecular formula is C9H18F2N2. The van der Waals surface area contributed by atoms with Gasteiger partial charge in [0.1, 0.15) is 0 Å². The Morgan fingerprint density at radius 1 is 1.38 bits per heavy atom. The summed E-state index contributed by atoms with van der Waals surface area (Å²) in [5.41, 5.74) is 0.148. The Morgan fingerprint density at radius 3 is 2.31 bits per heavy atom. The molecule has 1 N–H and O–H groups in total. The van der Waals surface area contributed by atoms with Crippen molar-refractivity contribution in [3.63, 3.8) is 0 Å². The van der Waals surface area contributed by atoms with Crippen LogP contribution < -0.4 is 5.32 Å². The Kier molecular flexibility index (Phi) is 3.62. The van der Waals surface area contributed by atoms with Crippen molar-refractivity contribution in [2.24, 2.45) is 0 Å². The molecule has 0 aromatic rings. The number of alkyl halides is 2. The molecule has 0 radical (unpaired) electrons. The van der Waals surface area contributed by atoms with E-state index in [0.29, 0.717) is 6.54 Å². The maximum absolute atomic E-state index is 11.9. The van der Waals surface area contributed by atoms with Crippen molar-refractivity contribution in [1.82, 2.24) is 10.2 Å². The molecule has 0 bridgehead atoms. The fourth-order valence-electron chi connectivity index (χ4n) is 1.78. The lowest BCUT2D eigenvalue weighted by molar-refractivity contribution is 0.0533. The number of halogens is 2. The van der Waals surface area contributed by atoms with Crippen LogP contribution >= 0.6 is 0 Å². The molecule has 0 heterocycles. The highest BCUT2D eigenvalue weighted by Gasteiger charge is 2.38. The second kappa shape index (κ2) is 4.33. The molecule has 0 unspecified atom stereocenters. The molecule has 1 aliphatic rings. The molecule has 13 heavy (non-hydrogen) atoms. The Hall–Kier alpha value is -0.220. The van der Waals surface area contributed by atoms with Gasteiger partial charge in [0.25, 0.3) is 6.43 Å². The number of hydrogen-bond donors (Lipinski definition) is 1. The van der Waals surface area contributed by atoms with Crippen LogP contribution in [0.2, 0.25) is 0 Å². The molecule has 0 aromatic heterocycles. The van der Waals surface area contributed by atoms with Gasteiger partial charge in [-0.05, 0) is 33.4 Å². The molecule has 1 aliphatic carbocycles. The van der Waals surface area contributed by atoms with Gasteiger partial charge < -0.3 is 10.2 Å². The van der Waals surface area contributed by atoms with E-state index in [0.717, 1.165) is 12.8 Å². The second-order valence-corrected chi connectivity index (χ2v) is 3.99. The predicted molar refractivity (Wildman–Crippen MR) is 49.1 cm³/mol. The third-order valence-corrected chi connectivity index (χ3v) is 2.99. The summed E-state index contributed by atoms with van der Waals surface area (Å²) < 4.78 is 23.7.